The molecule has 1 aromatic rings. The number of rotatable bonds is 3. The molecule has 0 unspecified atom stereocenters. The maximum Gasteiger partial charge on any atom is 0.324 e. The van der Waals surface area contributed by atoms with E-state index in [-0.39, 0.29) is 6.03 Å². The van der Waals surface area contributed by atoms with Gasteiger partial charge in [-0.2, -0.15) is 0 Å². The van der Waals surface area contributed by atoms with Gasteiger partial charge >= 0.3 is 12.0 Å². The second-order valence-electron chi connectivity index (χ2n) is 6.32. The minimum atomic E-state index is -0.851. The normalized spacial score (nSPS) is 21.2. The molecule has 1 heterocycles. The van der Waals surface area contributed by atoms with Crippen LogP contribution in [-0.4, -0.2) is 42.1 Å². The van der Waals surface area contributed by atoms with Crippen LogP contribution in [0.2, 0.25) is 0 Å². The minimum Gasteiger partial charge on any atom is -0.481 e. The van der Waals surface area contributed by atoms with Gasteiger partial charge in [-0.15, -0.1) is 0 Å². The average Bonchev–Trinajstić information content (AvgIpc) is 2.87. The molecule has 2 aliphatic rings. The van der Waals surface area contributed by atoms with E-state index in [0.717, 1.165) is 30.5 Å². The van der Waals surface area contributed by atoms with Gasteiger partial charge in [0, 0.05) is 25.8 Å². The first-order chi connectivity index (χ1) is 10.6. The van der Waals surface area contributed by atoms with E-state index in [1.54, 1.807) is 16.8 Å². The minimum absolute atomic E-state index is 0.0520. The molecule has 22 heavy (non-hydrogen) atoms. The van der Waals surface area contributed by atoms with Gasteiger partial charge in [0.05, 0.1) is 5.41 Å². The molecule has 1 saturated heterocycles. The average molecular weight is 302 g/mol. The number of amides is 2. The van der Waals surface area contributed by atoms with Crippen molar-refractivity contribution < 1.29 is 14.7 Å². The molecule has 5 nitrogen and oxygen atoms in total. The zero-order valence-corrected chi connectivity index (χ0v) is 12.9. The molecular weight excluding hydrogens is 280 g/mol. The molecule has 3 rings (SSSR count). The van der Waals surface area contributed by atoms with Gasteiger partial charge in [0.1, 0.15) is 0 Å². The number of hydrogen-bond donors (Lipinski definition) is 1. The molecule has 1 aliphatic heterocycles. The van der Waals surface area contributed by atoms with Gasteiger partial charge in [0.25, 0.3) is 0 Å². The van der Waals surface area contributed by atoms with Gasteiger partial charge < -0.3 is 10.0 Å². The molecule has 0 bridgehead atoms. The summed E-state index contributed by atoms with van der Waals surface area (Å²) in [6, 6.07) is 7.47. The SMILES string of the molecule is CN1CCN(c2ccccc2C2(C(=O)O)CCCCC2)C1=O. The van der Waals surface area contributed by atoms with E-state index in [4.69, 9.17) is 0 Å². The number of nitrogens with zero attached hydrogens (tertiary/aromatic N) is 2. The number of aliphatic carboxylic acids is 1. The summed E-state index contributed by atoms with van der Waals surface area (Å²) in [7, 11) is 1.78. The van der Waals surface area contributed by atoms with E-state index >= 15 is 0 Å². The van der Waals surface area contributed by atoms with Crippen molar-refractivity contribution in [3.05, 3.63) is 29.8 Å². The lowest BCUT2D eigenvalue weighted by Gasteiger charge is -2.36. The number of anilines is 1. The quantitative estimate of drug-likeness (QED) is 0.934. The van der Waals surface area contributed by atoms with E-state index in [0.29, 0.717) is 25.9 Å². The Bertz CT molecular complexity index is 593. The fourth-order valence-electron chi connectivity index (χ4n) is 3.74. The Morgan fingerprint density at radius 2 is 1.82 bits per heavy atom. The molecule has 5 heteroatoms. The molecule has 118 valence electrons. The maximum atomic E-state index is 12.3. The zero-order chi connectivity index (χ0) is 15.7. The third kappa shape index (κ3) is 2.25. The van der Waals surface area contributed by atoms with Crippen molar-refractivity contribution in [3.8, 4) is 0 Å². The van der Waals surface area contributed by atoms with Crippen LogP contribution in [-0.2, 0) is 10.2 Å². The topological polar surface area (TPSA) is 60.9 Å². The molecule has 0 aromatic heterocycles. The van der Waals surface area contributed by atoms with Gasteiger partial charge in [-0.05, 0) is 24.5 Å². The Kier molecular flexibility index (Phi) is 3.81. The van der Waals surface area contributed by atoms with E-state index < -0.39 is 11.4 Å². The molecular formula is C17H22N2O3. The Labute approximate surface area is 130 Å². The van der Waals surface area contributed by atoms with Crippen molar-refractivity contribution in [2.24, 2.45) is 0 Å². The molecule has 0 spiro atoms. The largest absolute Gasteiger partial charge is 0.481 e. The highest BCUT2D eigenvalue weighted by atomic mass is 16.4. The fraction of sp³-hybridized carbons (Fsp3) is 0.529. The van der Waals surface area contributed by atoms with E-state index in [2.05, 4.69) is 0 Å². The number of carbonyl (C=O) groups excluding carboxylic acids is 1. The van der Waals surface area contributed by atoms with Gasteiger partial charge in [-0.25, -0.2) is 4.79 Å². The summed E-state index contributed by atoms with van der Waals surface area (Å²) in [4.78, 5) is 27.8. The van der Waals surface area contributed by atoms with Crippen molar-refractivity contribution in [1.82, 2.24) is 4.90 Å². The van der Waals surface area contributed by atoms with E-state index in [9.17, 15) is 14.7 Å². The molecule has 1 aromatic carbocycles. The van der Waals surface area contributed by atoms with Crippen LogP contribution in [0.5, 0.6) is 0 Å². The van der Waals surface area contributed by atoms with Crippen molar-refractivity contribution in [1.29, 1.82) is 0 Å². The number of urea groups is 1. The lowest BCUT2D eigenvalue weighted by Crippen LogP contribution is -2.40. The lowest BCUT2D eigenvalue weighted by molar-refractivity contribution is -0.145. The molecule has 1 saturated carbocycles. The van der Waals surface area contributed by atoms with Crippen molar-refractivity contribution >= 4 is 17.7 Å². The van der Waals surface area contributed by atoms with E-state index in [1.807, 2.05) is 24.3 Å². The monoisotopic (exact) mass is 302 g/mol. The highest BCUT2D eigenvalue weighted by Gasteiger charge is 2.44. The van der Waals surface area contributed by atoms with Crippen LogP contribution in [0.1, 0.15) is 37.7 Å². The van der Waals surface area contributed by atoms with Gasteiger partial charge in [0.2, 0.25) is 0 Å². The zero-order valence-electron chi connectivity index (χ0n) is 12.9. The first-order valence-electron chi connectivity index (χ1n) is 7.92. The van der Waals surface area contributed by atoms with Crippen LogP contribution < -0.4 is 4.90 Å². The second-order valence-corrected chi connectivity index (χ2v) is 6.32. The van der Waals surface area contributed by atoms with Crippen molar-refractivity contribution in [2.45, 2.75) is 37.5 Å². The van der Waals surface area contributed by atoms with E-state index in [1.165, 1.54) is 0 Å². The number of carboxylic acid groups (broad SMARTS) is 1. The Balaban J connectivity index is 2.07. The first-order valence-corrected chi connectivity index (χ1v) is 7.92. The van der Waals surface area contributed by atoms with Crippen LogP contribution in [0.15, 0.2) is 24.3 Å². The predicted molar refractivity (Wildman–Crippen MR) is 84.2 cm³/mol. The summed E-state index contributed by atoms with van der Waals surface area (Å²) in [5.41, 5.74) is 0.711. The van der Waals surface area contributed by atoms with Crippen molar-refractivity contribution in [3.63, 3.8) is 0 Å². The summed E-state index contributed by atoms with van der Waals surface area (Å²) < 4.78 is 0. The third-order valence-electron chi connectivity index (χ3n) is 5.04. The van der Waals surface area contributed by atoms with Gasteiger partial charge in [-0.1, -0.05) is 37.5 Å². The molecule has 1 N–H and O–H groups in total. The van der Waals surface area contributed by atoms with Crippen LogP contribution >= 0.6 is 0 Å². The first kappa shape index (κ1) is 14.9. The molecule has 2 amide bonds. The number of hydrogen-bond acceptors (Lipinski definition) is 2. The number of carbonyl (C=O) groups is 2. The van der Waals surface area contributed by atoms with Gasteiger partial charge in [-0.3, -0.25) is 9.69 Å². The Morgan fingerprint density at radius 3 is 2.41 bits per heavy atom. The molecule has 0 atom stereocenters. The van der Waals surface area contributed by atoms with Crippen LogP contribution in [0.4, 0.5) is 10.5 Å². The molecule has 1 aliphatic carbocycles. The number of para-hydroxylation sites is 1. The summed E-state index contributed by atoms with van der Waals surface area (Å²) >= 11 is 0. The van der Waals surface area contributed by atoms with Crippen LogP contribution in [0.25, 0.3) is 0 Å². The summed E-state index contributed by atoms with van der Waals surface area (Å²) in [5, 5.41) is 9.91. The maximum absolute atomic E-state index is 12.3. The smallest absolute Gasteiger partial charge is 0.324 e. The van der Waals surface area contributed by atoms with Gasteiger partial charge in [0.15, 0.2) is 0 Å². The summed E-state index contributed by atoms with van der Waals surface area (Å²) in [6.45, 7) is 1.29. The predicted octanol–water partition coefficient (Wildman–Crippen LogP) is 2.84. The highest BCUT2D eigenvalue weighted by molar-refractivity contribution is 5.96. The van der Waals surface area contributed by atoms with Crippen LogP contribution in [0.3, 0.4) is 0 Å². The Morgan fingerprint density at radius 1 is 1.14 bits per heavy atom. The number of benzene rings is 1. The second kappa shape index (κ2) is 5.63. The Hall–Kier alpha value is -2.04. The standard InChI is InChI=1S/C17H22N2O3/c1-18-11-12-19(16(18)22)14-8-4-3-7-13(14)17(15(20)21)9-5-2-6-10-17/h3-4,7-8H,2,5-6,9-12H2,1H3,(H,20,21). The number of likely N-dealkylation sites (N-methyl/N-ethyl adjacent to an activating group) is 1. The van der Waals surface area contributed by atoms with Crippen LogP contribution in [0, 0.1) is 0 Å². The molecule has 0 radical (unpaired) electrons. The van der Waals surface area contributed by atoms with Crippen molar-refractivity contribution in [2.75, 3.05) is 25.0 Å². The lowest BCUT2D eigenvalue weighted by atomic mass is 9.69. The highest BCUT2D eigenvalue weighted by Crippen LogP contribution is 2.44. The summed E-state index contributed by atoms with van der Waals surface area (Å²) in [5.74, 6) is -0.764. The molecule has 2 fully saturated rings. The fourth-order valence-corrected chi connectivity index (χ4v) is 3.74. The number of carboxylic acids is 1. The summed E-state index contributed by atoms with van der Waals surface area (Å²) in [6.07, 6.45) is 4.24. The third-order valence-corrected chi connectivity index (χ3v) is 5.04.